The molecular weight excluding hydrogens is 312 g/mol. The Labute approximate surface area is 146 Å². The molecule has 2 aromatic heterocycles. The van der Waals surface area contributed by atoms with Gasteiger partial charge in [0.05, 0.1) is 17.5 Å². The number of rotatable bonds is 3. The van der Waals surface area contributed by atoms with Crippen LogP contribution >= 0.6 is 0 Å². The molecule has 4 rings (SSSR count). The third kappa shape index (κ3) is 2.69. The molecule has 0 N–H and O–H groups in total. The van der Waals surface area contributed by atoms with Crippen LogP contribution in [0.3, 0.4) is 0 Å². The molecule has 0 unspecified atom stereocenters. The van der Waals surface area contributed by atoms with Crippen molar-refractivity contribution in [3.8, 4) is 17.3 Å². The molecule has 0 aliphatic carbocycles. The topological polar surface area (TPSA) is 63.7 Å². The van der Waals surface area contributed by atoms with Crippen LogP contribution in [0.15, 0.2) is 36.5 Å². The third-order valence-corrected chi connectivity index (χ3v) is 4.91. The second-order valence-corrected chi connectivity index (χ2v) is 6.31. The van der Waals surface area contributed by atoms with Gasteiger partial charge in [-0.3, -0.25) is 0 Å². The average molecular weight is 332 g/mol. The number of aryl methyl sites for hydroxylation is 1. The smallest absolute Gasteiger partial charge is 0.158 e. The van der Waals surface area contributed by atoms with Crippen molar-refractivity contribution in [1.82, 2.24) is 14.8 Å². The predicted molar refractivity (Wildman–Crippen MR) is 96.1 cm³/mol. The molecule has 1 saturated heterocycles. The molecule has 0 radical (unpaired) electrons. The van der Waals surface area contributed by atoms with Gasteiger partial charge in [-0.05, 0) is 31.2 Å². The van der Waals surface area contributed by atoms with Gasteiger partial charge in [-0.15, -0.1) is 0 Å². The van der Waals surface area contributed by atoms with E-state index in [-0.39, 0.29) is 0 Å². The second-order valence-electron chi connectivity index (χ2n) is 6.31. The Morgan fingerprint density at radius 1 is 1.24 bits per heavy atom. The monoisotopic (exact) mass is 332 g/mol. The number of hydrogen-bond acceptors (Lipinski definition) is 4. The highest BCUT2D eigenvalue weighted by Gasteiger charge is 2.26. The zero-order valence-corrected chi connectivity index (χ0v) is 14.3. The summed E-state index contributed by atoms with van der Waals surface area (Å²) >= 11 is 0. The summed E-state index contributed by atoms with van der Waals surface area (Å²) in [6, 6.07) is 12.4. The Bertz CT molecular complexity index is 934. The van der Waals surface area contributed by atoms with E-state index in [2.05, 4.69) is 18.1 Å². The van der Waals surface area contributed by atoms with E-state index < -0.39 is 0 Å². The number of ether oxygens (including phenoxy) is 1. The highest BCUT2D eigenvalue weighted by Crippen LogP contribution is 2.38. The van der Waals surface area contributed by atoms with Crippen molar-refractivity contribution >= 4 is 11.0 Å². The lowest BCUT2D eigenvalue weighted by atomic mass is 9.85. The van der Waals surface area contributed by atoms with Crippen LogP contribution in [0.5, 0.6) is 0 Å². The van der Waals surface area contributed by atoms with Gasteiger partial charge in [0.1, 0.15) is 6.07 Å². The number of aromatic nitrogens is 3. The molecule has 0 spiro atoms. The standard InChI is InChI=1S/C20H20N4O/c1-2-24-20-17(13-22-24)18(14-8-10-25-11-9-14)16(12-21)19(23-20)15-6-4-3-5-7-15/h3-7,13-14H,2,8-11H2,1H3. The second kappa shape index (κ2) is 6.66. The molecule has 1 aliphatic heterocycles. The maximum absolute atomic E-state index is 9.97. The predicted octanol–water partition coefficient (Wildman–Crippen LogP) is 3.88. The molecule has 0 atom stereocenters. The van der Waals surface area contributed by atoms with Gasteiger partial charge in [0.25, 0.3) is 0 Å². The first-order valence-electron chi connectivity index (χ1n) is 8.76. The van der Waals surface area contributed by atoms with E-state index in [1.54, 1.807) is 0 Å². The number of pyridine rings is 1. The van der Waals surface area contributed by atoms with Gasteiger partial charge in [-0.2, -0.15) is 10.4 Å². The molecule has 0 bridgehead atoms. The van der Waals surface area contributed by atoms with Crippen LogP contribution in [0.25, 0.3) is 22.3 Å². The summed E-state index contributed by atoms with van der Waals surface area (Å²) < 4.78 is 7.44. The molecule has 1 fully saturated rings. The van der Waals surface area contributed by atoms with Gasteiger partial charge in [0, 0.05) is 30.7 Å². The van der Waals surface area contributed by atoms with Crippen LogP contribution in [-0.2, 0) is 11.3 Å². The largest absolute Gasteiger partial charge is 0.381 e. The lowest BCUT2D eigenvalue weighted by Crippen LogP contribution is -2.16. The van der Waals surface area contributed by atoms with Crippen LogP contribution in [0.2, 0.25) is 0 Å². The molecule has 25 heavy (non-hydrogen) atoms. The van der Waals surface area contributed by atoms with Crippen molar-refractivity contribution in [2.75, 3.05) is 13.2 Å². The summed E-state index contributed by atoms with van der Waals surface area (Å²) in [6.45, 7) is 4.29. The maximum atomic E-state index is 9.97. The zero-order valence-electron chi connectivity index (χ0n) is 14.3. The Balaban J connectivity index is 2.03. The molecule has 0 saturated carbocycles. The Hall–Kier alpha value is -2.71. The molecule has 3 aromatic rings. The molecule has 0 amide bonds. The van der Waals surface area contributed by atoms with E-state index in [4.69, 9.17) is 9.72 Å². The van der Waals surface area contributed by atoms with E-state index in [9.17, 15) is 5.26 Å². The first-order chi connectivity index (χ1) is 12.3. The molecule has 1 aliphatic rings. The Morgan fingerprint density at radius 3 is 2.68 bits per heavy atom. The Morgan fingerprint density at radius 2 is 2.00 bits per heavy atom. The molecule has 5 nitrogen and oxygen atoms in total. The maximum Gasteiger partial charge on any atom is 0.158 e. The van der Waals surface area contributed by atoms with Gasteiger partial charge in [0.15, 0.2) is 5.65 Å². The number of fused-ring (bicyclic) bond motifs is 1. The van der Waals surface area contributed by atoms with Crippen molar-refractivity contribution in [3.63, 3.8) is 0 Å². The quantitative estimate of drug-likeness (QED) is 0.730. The molecule has 3 heterocycles. The summed E-state index contributed by atoms with van der Waals surface area (Å²) in [5.74, 6) is 0.311. The van der Waals surface area contributed by atoms with Gasteiger partial charge < -0.3 is 4.74 Å². The van der Waals surface area contributed by atoms with E-state index in [0.29, 0.717) is 11.5 Å². The van der Waals surface area contributed by atoms with Gasteiger partial charge in [0.2, 0.25) is 0 Å². The van der Waals surface area contributed by atoms with Crippen LogP contribution in [0, 0.1) is 11.3 Å². The van der Waals surface area contributed by atoms with Crippen molar-refractivity contribution in [2.24, 2.45) is 0 Å². The Kier molecular flexibility index (Phi) is 4.21. The fourth-order valence-electron chi connectivity index (χ4n) is 3.67. The molecular formula is C20H20N4O. The summed E-state index contributed by atoms with van der Waals surface area (Å²) in [7, 11) is 0. The fourth-order valence-corrected chi connectivity index (χ4v) is 3.67. The minimum atomic E-state index is 0.311. The van der Waals surface area contributed by atoms with Crippen molar-refractivity contribution in [1.29, 1.82) is 5.26 Å². The lowest BCUT2D eigenvalue weighted by Gasteiger charge is -2.24. The fraction of sp³-hybridized carbons (Fsp3) is 0.350. The van der Waals surface area contributed by atoms with Gasteiger partial charge in [-0.1, -0.05) is 30.3 Å². The van der Waals surface area contributed by atoms with Crippen LogP contribution < -0.4 is 0 Å². The minimum absolute atomic E-state index is 0.311. The third-order valence-electron chi connectivity index (χ3n) is 4.91. The number of nitrogens with zero attached hydrogens (tertiary/aromatic N) is 4. The summed E-state index contributed by atoms with van der Waals surface area (Å²) in [5.41, 5.74) is 4.36. The summed E-state index contributed by atoms with van der Waals surface area (Å²) in [4.78, 5) is 4.85. The summed E-state index contributed by atoms with van der Waals surface area (Å²) in [5, 5.41) is 15.5. The lowest BCUT2D eigenvalue weighted by molar-refractivity contribution is 0.0855. The highest BCUT2D eigenvalue weighted by atomic mass is 16.5. The van der Waals surface area contributed by atoms with E-state index >= 15 is 0 Å². The normalized spacial score (nSPS) is 15.4. The number of hydrogen-bond donors (Lipinski definition) is 0. The van der Waals surface area contributed by atoms with Crippen LogP contribution in [0.1, 0.15) is 36.8 Å². The number of nitriles is 1. The minimum Gasteiger partial charge on any atom is -0.381 e. The van der Waals surface area contributed by atoms with Gasteiger partial charge >= 0.3 is 0 Å². The first kappa shape index (κ1) is 15.8. The molecule has 1 aromatic carbocycles. The molecule has 126 valence electrons. The van der Waals surface area contributed by atoms with Gasteiger partial charge in [-0.25, -0.2) is 9.67 Å². The van der Waals surface area contributed by atoms with E-state index in [1.807, 2.05) is 41.2 Å². The van der Waals surface area contributed by atoms with Crippen molar-refractivity contribution in [2.45, 2.75) is 32.2 Å². The highest BCUT2D eigenvalue weighted by molar-refractivity contribution is 5.87. The first-order valence-corrected chi connectivity index (χ1v) is 8.76. The van der Waals surface area contributed by atoms with E-state index in [0.717, 1.165) is 60.5 Å². The van der Waals surface area contributed by atoms with Crippen LogP contribution in [-0.4, -0.2) is 28.0 Å². The zero-order chi connectivity index (χ0) is 17.2. The molecule has 5 heteroatoms. The van der Waals surface area contributed by atoms with Crippen molar-refractivity contribution in [3.05, 3.63) is 47.7 Å². The number of benzene rings is 1. The van der Waals surface area contributed by atoms with Crippen LogP contribution in [0.4, 0.5) is 0 Å². The average Bonchev–Trinajstić information content (AvgIpc) is 3.10. The SMILES string of the molecule is CCn1ncc2c(C3CCOCC3)c(C#N)c(-c3ccccc3)nc21. The van der Waals surface area contributed by atoms with E-state index in [1.165, 1.54) is 0 Å². The van der Waals surface area contributed by atoms with Crippen molar-refractivity contribution < 1.29 is 4.74 Å². The summed E-state index contributed by atoms with van der Waals surface area (Å²) in [6.07, 6.45) is 3.73.